The van der Waals surface area contributed by atoms with E-state index in [2.05, 4.69) is 0 Å². The Labute approximate surface area is 200 Å². The summed E-state index contributed by atoms with van der Waals surface area (Å²) in [5.74, 6) is -0.301. The Hall–Kier alpha value is -3.97. The molecule has 1 atom stereocenters. The van der Waals surface area contributed by atoms with Gasteiger partial charge in [0.25, 0.3) is 11.7 Å². The Morgan fingerprint density at radius 1 is 1.06 bits per heavy atom. The van der Waals surface area contributed by atoms with E-state index < -0.39 is 17.7 Å². The van der Waals surface area contributed by atoms with E-state index in [0.717, 1.165) is 0 Å². The van der Waals surface area contributed by atoms with Gasteiger partial charge in [0.15, 0.2) is 11.5 Å². The Bertz CT molecular complexity index is 1320. The molecule has 2 heterocycles. The van der Waals surface area contributed by atoms with E-state index in [1.807, 2.05) is 6.92 Å². The molecular formula is C26H20ClNO6. The molecule has 3 aromatic carbocycles. The van der Waals surface area contributed by atoms with Crippen molar-refractivity contribution in [2.45, 2.75) is 13.0 Å². The van der Waals surface area contributed by atoms with Crippen molar-refractivity contribution in [3.05, 3.63) is 88.5 Å². The number of anilines is 1. The van der Waals surface area contributed by atoms with Crippen LogP contribution in [0, 0.1) is 0 Å². The number of rotatable bonds is 5. The molecule has 34 heavy (non-hydrogen) atoms. The summed E-state index contributed by atoms with van der Waals surface area (Å²) in [5.41, 5.74) is 1.39. The number of fused-ring (bicyclic) bond motifs is 1. The number of carbonyl (C=O) groups is 2. The zero-order valence-electron chi connectivity index (χ0n) is 18.2. The minimum Gasteiger partial charge on any atom is -0.507 e. The molecule has 3 aromatic rings. The maximum atomic E-state index is 13.3. The summed E-state index contributed by atoms with van der Waals surface area (Å²) in [5, 5.41) is 11.8. The van der Waals surface area contributed by atoms with Crippen LogP contribution in [0.3, 0.4) is 0 Å². The maximum Gasteiger partial charge on any atom is 0.300 e. The first-order chi connectivity index (χ1) is 16.5. The summed E-state index contributed by atoms with van der Waals surface area (Å²) in [6.07, 6.45) is 0. The summed E-state index contributed by atoms with van der Waals surface area (Å²) < 4.78 is 16.3. The first-order valence-corrected chi connectivity index (χ1v) is 11.0. The van der Waals surface area contributed by atoms with Crippen molar-refractivity contribution >= 4 is 34.7 Å². The highest BCUT2D eigenvalue weighted by Gasteiger charge is 2.47. The van der Waals surface area contributed by atoms with Crippen molar-refractivity contribution in [3.8, 4) is 17.2 Å². The molecule has 0 bridgehead atoms. The summed E-state index contributed by atoms with van der Waals surface area (Å²) in [7, 11) is 0. The first kappa shape index (κ1) is 21.9. The van der Waals surface area contributed by atoms with E-state index in [1.165, 1.54) is 4.90 Å². The second-order valence-electron chi connectivity index (χ2n) is 7.72. The maximum absolute atomic E-state index is 13.3. The van der Waals surface area contributed by atoms with Crippen LogP contribution >= 0.6 is 11.6 Å². The van der Waals surface area contributed by atoms with Crippen molar-refractivity contribution in [2.75, 3.05) is 18.3 Å². The molecule has 0 aromatic heterocycles. The molecule has 7 nitrogen and oxygen atoms in total. The highest BCUT2D eigenvalue weighted by molar-refractivity contribution is 6.51. The Morgan fingerprint density at radius 2 is 1.82 bits per heavy atom. The van der Waals surface area contributed by atoms with Crippen molar-refractivity contribution in [3.63, 3.8) is 0 Å². The fraction of sp³-hybridized carbons (Fsp3) is 0.154. The smallest absolute Gasteiger partial charge is 0.300 e. The van der Waals surface area contributed by atoms with Crippen LogP contribution in [0.1, 0.15) is 24.1 Å². The number of aliphatic hydroxyl groups excluding tert-OH is 1. The molecule has 0 spiro atoms. The van der Waals surface area contributed by atoms with Crippen LogP contribution < -0.4 is 19.1 Å². The number of ether oxygens (including phenoxy) is 3. The molecule has 1 amide bonds. The Balaban J connectivity index is 1.68. The number of hydrogen-bond donors (Lipinski definition) is 1. The van der Waals surface area contributed by atoms with Gasteiger partial charge in [0.05, 0.1) is 18.2 Å². The van der Waals surface area contributed by atoms with Gasteiger partial charge >= 0.3 is 0 Å². The molecule has 8 heteroatoms. The largest absolute Gasteiger partial charge is 0.507 e. The molecule has 0 saturated carbocycles. The molecule has 172 valence electrons. The summed E-state index contributed by atoms with van der Waals surface area (Å²) in [4.78, 5) is 27.9. The van der Waals surface area contributed by atoms with Gasteiger partial charge in [0.1, 0.15) is 11.5 Å². The van der Waals surface area contributed by atoms with E-state index >= 15 is 0 Å². The second kappa shape index (κ2) is 8.76. The van der Waals surface area contributed by atoms with Gasteiger partial charge in [-0.15, -0.1) is 0 Å². The molecular weight excluding hydrogens is 458 g/mol. The number of amides is 1. The third-order valence-electron chi connectivity index (χ3n) is 5.68. The van der Waals surface area contributed by atoms with E-state index in [0.29, 0.717) is 45.7 Å². The van der Waals surface area contributed by atoms with E-state index in [-0.39, 0.29) is 18.1 Å². The van der Waals surface area contributed by atoms with Gasteiger partial charge in [-0.05, 0) is 55.0 Å². The predicted octanol–water partition coefficient (Wildman–Crippen LogP) is 5.09. The molecule has 0 aliphatic carbocycles. The third kappa shape index (κ3) is 3.74. The van der Waals surface area contributed by atoms with Crippen LogP contribution in [0.4, 0.5) is 5.69 Å². The second-order valence-corrected chi connectivity index (χ2v) is 8.16. The highest BCUT2D eigenvalue weighted by atomic mass is 35.5. The van der Waals surface area contributed by atoms with E-state index in [1.54, 1.807) is 66.7 Å². The molecule has 1 unspecified atom stereocenters. The van der Waals surface area contributed by atoms with Gasteiger partial charge in [-0.3, -0.25) is 14.5 Å². The quantitative estimate of drug-likeness (QED) is 0.313. The summed E-state index contributed by atoms with van der Waals surface area (Å²) >= 11 is 6.08. The predicted molar refractivity (Wildman–Crippen MR) is 126 cm³/mol. The third-order valence-corrected chi connectivity index (χ3v) is 5.93. The number of Topliss-reactive ketones (excluding diaryl/α,β-unsaturated/α-hetero) is 1. The van der Waals surface area contributed by atoms with Gasteiger partial charge in [-0.25, -0.2) is 0 Å². The number of halogens is 1. The van der Waals surface area contributed by atoms with Crippen molar-refractivity contribution in [2.24, 2.45) is 0 Å². The summed E-state index contributed by atoms with van der Waals surface area (Å²) in [6, 6.07) is 17.7. The van der Waals surface area contributed by atoms with Crippen LogP contribution in [0.5, 0.6) is 17.2 Å². The van der Waals surface area contributed by atoms with E-state index in [9.17, 15) is 14.7 Å². The highest BCUT2D eigenvalue weighted by Crippen LogP contribution is 2.44. The standard InChI is InChI=1S/C26H20ClNO6/c1-2-32-19-5-3-4-18(13-19)28-23(15-6-9-17(27)10-7-15)22(25(30)26(28)31)24(29)16-8-11-20-21(12-16)34-14-33-20/h3-13,23,29H,2,14H2,1H3/b24-22-. The SMILES string of the molecule is CCOc1cccc(N2C(=O)C(=O)/C(=C(\O)c3ccc4c(c3)OCO4)C2c2ccc(Cl)cc2)c1. The van der Waals surface area contributed by atoms with E-state index in [4.69, 9.17) is 25.8 Å². The summed E-state index contributed by atoms with van der Waals surface area (Å²) in [6.45, 7) is 2.38. The first-order valence-electron chi connectivity index (χ1n) is 10.7. The molecule has 2 aliphatic heterocycles. The van der Waals surface area contributed by atoms with Crippen molar-refractivity contribution < 1.29 is 28.9 Å². The Morgan fingerprint density at radius 3 is 2.59 bits per heavy atom. The number of hydrogen-bond acceptors (Lipinski definition) is 6. The van der Waals surface area contributed by atoms with Crippen LogP contribution in [0.15, 0.2) is 72.3 Å². The van der Waals surface area contributed by atoms with Gasteiger partial charge in [-0.2, -0.15) is 0 Å². The molecule has 1 N–H and O–H groups in total. The molecule has 2 aliphatic rings. The van der Waals surface area contributed by atoms with Gasteiger partial charge in [0, 0.05) is 22.3 Å². The fourth-order valence-electron chi connectivity index (χ4n) is 4.15. The average molecular weight is 478 g/mol. The minimum atomic E-state index is -0.875. The molecule has 1 fully saturated rings. The van der Waals surface area contributed by atoms with Crippen LogP contribution in [0.2, 0.25) is 5.02 Å². The van der Waals surface area contributed by atoms with Crippen LogP contribution in [-0.4, -0.2) is 30.2 Å². The van der Waals surface area contributed by atoms with Gasteiger partial charge in [0.2, 0.25) is 6.79 Å². The zero-order valence-corrected chi connectivity index (χ0v) is 18.9. The number of benzene rings is 3. The topological polar surface area (TPSA) is 85.3 Å². The normalized spacial score (nSPS) is 18.4. The Kier molecular flexibility index (Phi) is 5.63. The van der Waals surface area contributed by atoms with Crippen molar-refractivity contribution in [1.29, 1.82) is 0 Å². The lowest BCUT2D eigenvalue weighted by atomic mass is 9.95. The lowest BCUT2D eigenvalue weighted by molar-refractivity contribution is -0.132. The monoisotopic (exact) mass is 477 g/mol. The molecule has 5 rings (SSSR count). The lowest BCUT2D eigenvalue weighted by Gasteiger charge is -2.26. The van der Waals surface area contributed by atoms with Gasteiger partial charge < -0.3 is 19.3 Å². The van der Waals surface area contributed by atoms with Gasteiger partial charge in [-0.1, -0.05) is 29.8 Å². The van der Waals surface area contributed by atoms with Crippen LogP contribution in [-0.2, 0) is 9.59 Å². The molecule has 0 radical (unpaired) electrons. The minimum absolute atomic E-state index is 0.0343. The molecule has 1 saturated heterocycles. The number of aliphatic hydroxyl groups is 1. The zero-order chi connectivity index (χ0) is 23.8. The fourth-order valence-corrected chi connectivity index (χ4v) is 4.27. The number of nitrogens with zero attached hydrogens (tertiary/aromatic N) is 1. The average Bonchev–Trinajstić information content (AvgIpc) is 3.41. The number of ketones is 1. The van der Waals surface area contributed by atoms with Crippen LogP contribution in [0.25, 0.3) is 5.76 Å². The van der Waals surface area contributed by atoms with Crippen molar-refractivity contribution in [1.82, 2.24) is 0 Å². The lowest BCUT2D eigenvalue weighted by Crippen LogP contribution is -2.29. The number of carbonyl (C=O) groups excluding carboxylic acids is 2.